The van der Waals surface area contributed by atoms with Crippen molar-refractivity contribution in [2.24, 2.45) is 0 Å². The summed E-state index contributed by atoms with van der Waals surface area (Å²) in [7, 11) is 0. The molecule has 0 radical (unpaired) electrons. The minimum Gasteiger partial charge on any atom is -0.321 e. The fraction of sp³-hybridized carbons (Fsp3) is 0.192. The van der Waals surface area contributed by atoms with Crippen LogP contribution in [0.3, 0.4) is 0 Å². The molecule has 0 aliphatic carbocycles. The highest BCUT2D eigenvalue weighted by molar-refractivity contribution is 7.10. The van der Waals surface area contributed by atoms with Gasteiger partial charge in [-0.25, -0.2) is 0 Å². The third-order valence-electron chi connectivity index (χ3n) is 5.53. The van der Waals surface area contributed by atoms with Crippen LogP contribution in [0.4, 0.5) is 11.4 Å². The Labute approximate surface area is 196 Å². The number of carbonyl (C=O) groups excluding carboxylic acids is 3. The number of nitrogens with zero attached hydrogens (tertiary/aromatic N) is 1. The second-order valence-electron chi connectivity index (χ2n) is 7.95. The van der Waals surface area contributed by atoms with Gasteiger partial charge in [-0.15, -0.1) is 11.3 Å². The summed E-state index contributed by atoms with van der Waals surface area (Å²) >= 11 is 1.47. The first-order chi connectivity index (χ1) is 15.9. The third kappa shape index (κ3) is 5.21. The fourth-order valence-corrected chi connectivity index (χ4v) is 4.49. The Morgan fingerprint density at radius 1 is 1.03 bits per heavy atom. The highest BCUT2D eigenvalue weighted by atomic mass is 32.1. The van der Waals surface area contributed by atoms with Crippen molar-refractivity contribution in [2.75, 3.05) is 16.8 Å². The molecular formula is C26H25N3O3S. The Hall–Kier alpha value is -3.71. The summed E-state index contributed by atoms with van der Waals surface area (Å²) in [4.78, 5) is 40.7. The predicted molar refractivity (Wildman–Crippen MR) is 132 cm³/mol. The lowest BCUT2D eigenvalue weighted by atomic mass is 10.1. The lowest BCUT2D eigenvalue weighted by molar-refractivity contribution is -0.117. The monoisotopic (exact) mass is 459 g/mol. The minimum atomic E-state index is -0.422. The van der Waals surface area contributed by atoms with E-state index in [4.69, 9.17) is 0 Å². The fourth-order valence-electron chi connectivity index (χ4n) is 3.83. The van der Waals surface area contributed by atoms with Gasteiger partial charge < -0.3 is 15.5 Å². The Kier molecular flexibility index (Phi) is 6.70. The summed E-state index contributed by atoms with van der Waals surface area (Å²) in [5.74, 6) is -0.644. The molecule has 2 N–H and O–H groups in total. The maximum absolute atomic E-state index is 13.1. The van der Waals surface area contributed by atoms with Gasteiger partial charge in [0.25, 0.3) is 11.8 Å². The van der Waals surface area contributed by atoms with E-state index < -0.39 is 5.91 Å². The van der Waals surface area contributed by atoms with Crippen molar-refractivity contribution >= 4 is 46.5 Å². The molecular weight excluding hydrogens is 434 g/mol. The van der Waals surface area contributed by atoms with Crippen molar-refractivity contribution in [3.8, 4) is 0 Å². The van der Waals surface area contributed by atoms with Gasteiger partial charge in [0.1, 0.15) is 5.70 Å². The van der Waals surface area contributed by atoms with Crippen molar-refractivity contribution in [3.05, 3.63) is 87.2 Å². The summed E-state index contributed by atoms with van der Waals surface area (Å²) in [6, 6.07) is 16.5. The second-order valence-corrected chi connectivity index (χ2v) is 8.93. The summed E-state index contributed by atoms with van der Waals surface area (Å²) in [6.45, 7) is 4.48. The number of nitrogens with one attached hydrogen (secondary N) is 2. The van der Waals surface area contributed by atoms with E-state index in [0.29, 0.717) is 24.2 Å². The number of anilines is 2. The average molecular weight is 460 g/mol. The molecule has 7 heteroatoms. The summed E-state index contributed by atoms with van der Waals surface area (Å²) in [6.07, 6.45) is 3.09. The van der Waals surface area contributed by atoms with Crippen LogP contribution < -0.4 is 15.5 Å². The molecule has 2 heterocycles. The first-order valence-electron chi connectivity index (χ1n) is 10.8. The Morgan fingerprint density at radius 2 is 1.85 bits per heavy atom. The van der Waals surface area contributed by atoms with E-state index in [-0.39, 0.29) is 17.5 Å². The van der Waals surface area contributed by atoms with Gasteiger partial charge in [-0.1, -0.05) is 24.3 Å². The molecule has 1 fully saturated rings. The lowest BCUT2D eigenvalue weighted by Gasteiger charge is -2.19. The van der Waals surface area contributed by atoms with Gasteiger partial charge in [-0.2, -0.15) is 0 Å². The quantitative estimate of drug-likeness (QED) is 0.515. The highest BCUT2D eigenvalue weighted by Gasteiger charge is 2.23. The van der Waals surface area contributed by atoms with Crippen LogP contribution >= 0.6 is 11.3 Å². The molecule has 33 heavy (non-hydrogen) atoms. The molecule has 0 saturated carbocycles. The van der Waals surface area contributed by atoms with E-state index in [1.165, 1.54) is 11.3 Å². The molecule has 0 unspecified atom stereocenters. The molecule has 0 bridgehead atoms. The van der Waals surface area contributed by atoms with Crippen molar-refractivity contribution in [3.63, 3.8) is 0 Å². The van der Waals surface area contributed by atoms with Gasteiger partial charge in [0.15, 0.2) is 0 Å². The number of carbonyl (C=O) groups is 3. The smallest absolute Gasteiger partial charge is 0.272 e. The molecule has 4 rings (SSSR count). The zero-order valence-corrected chi connectivity index (χ0v) is 19.4. The number of hydrogen-bond donors (Lipinski definition) is 2. The number of rotatable bonds is 6. The van der Waals surface area contributed by atoms with Gasteiger partial charge in [-0.3, -0.25) is 14.4 Å². The van der Waals surface area contributed by atoms with E-state index in [1.807, 2.05) is 55.6 Å². The standard InChI is InChI=1S/C26H25N3O3S/c1-17-7-3-4-9-21(17)25(31)28-22(16-20-8-6-14-33-20)26(32)27-19-11-12-23(18(2)15-19)29-13-5-10-24(29)30/h3-4,6-9,11-12,14-16H,5,10,13H2,1-2H3,(H,27,32)(H,28,31)/b22-16-. The van der Waals surface area contributed by atoms with Crippen LogP contribution in [0.25, 0.3) is 6.08 Å². The number of aryl methyl sites for hydroxylation is 2. The van der Waals surface area contributed by atoms with Gasteiger partial charge in [-0.05, 0) is 73.2 Å². The van der Waals surface area contributed by atoms with E-state index in [1.54, 1.807) is 29.2 Å². The Balaban J connectivity index is 1.56. The maximum Gasteiger partial charge on any atom is 0.272 e. The van der Waals surface area contributed by atoms with Crippen LogP contribution in [0.1, 0.15) is 39.2 Å². The van der Waals surface area contributed by atoms with Gasteiger partial charge in [0, 0.05) is 34.8 Å². The molecule has 1 aliphatic rings. The molecule has 0 atom stereocenters. The Bertz CT molecular complexity index is 1230. The molecule has 2 aromatic carbocycles. The summed E-state index contributed by atoms with van der Waals surface area (Å²) < 4.78 is 0. The molecule has 6 nitrogen and oxygen atoms in total. The van der Waals surface area contributed by atoms with E-state index >= 15 is 0 Å². The first kappa shape index (κ1) is 22.5. The van der Waals surface area contributed by atoms with Gasteiger partial charge in [0.05, 0.1) is 0 Å². The van der Waals surface area contributed by atoms with Gasteiger partial charge in [0.2, 0.25) is 5.91 Å². The van der Waals surface area contributed by atoms with Crippen LogP contribution in [-0.4, -0.2) is 24.3 Å². The average Bonchev–Trinajstić information content (AvgIpc) is 3.45. The molecule has 1 aromatic heterocycles. The number of benzene rings is 2. The highest BCUT2D eigenvalue weighted by Crippen LogP contribution is 2.27. The molecule has 1 aliphatic heterocycles. The summed E-state index contributed by atoms with van der Waals surface area (Å²) in [5.41, 5.74) is 3.84. The van der Waals surface area contributed by atoms with Crippen molar-refractivity contribution in [1.82, 2.24) is 5.32 Å². The third-order valence-corrected chi connectivity index (χ3v) is 6.35. The van der Waals surface area contributed by atoms with Crippen molar-refractivity contribution < 1.29 is 14.4 Å². The zero-order chi connectivity index (χ0) is 23.4. The largest absolute Gasteiger partial charge is 0.321 e. The van der Waals surface area contributed by atoms with Crippen LogP contribution in [0.2, 0.25) is 0 Å². The normalized spacial score (nSPS) is 13.8. The number of thiophene rings is 1. The lowest BCUT2D eigenvalue weighted by Crippen LogP contribution is -2.31. The van der Waals surface area contributed by atoms with Gasteiger partial charge >= 0.3 is 0 Å². The van der Waals surface area contributed by atoms with Crippen molar-refractivity contribution in [2.45, 2.75) is 26.7 Å². The minimum absolute atomic E-state index is 0.120. The zero-order valence-electron chi connectivity index (χ0n) is 18.6. The molecule has 0 spiro atoms. The van der Waals surface area contributed by atoms with Crippen LogP contribution in [0.5, 0.6) is 0 Å². The van der Waals surface area contributed by atoms with Crippen molar-refractivity contribution in [1.29, 1.82) is 0 Å². The van der Waals surface area contributed by atoms with Crippen LogP contribution in [-0.2, 0) is 9.59 Å². The molecule has 3 amide bonds. The number of hydrogen-bond acceptors (Lipinski definition) is 4. The molecule has 168 valence electrons. The second kappa shape index (κ2) is 9.83. The van der Waals surface area contributed by atoms with E-state index in [2.05, 4.69) is 10.6 Å². The number of amides is 3. The van der Waals surface area contributed by atoms with E-state index in [9.17, 15) is 14.4 Å². The first-order valence-corrected chi connectivity index (χ1v) is 11.6. The Morgan fingerprint density at radius 3 is 2.52 bits per heavy atom. The molecule has 1 saturated heterocycles. The maximum atomic E-state index is 13.1. The summed E-state index contributed by atoms with van der Waals surface area (Å²) in [5, 5.41) is 7.56. The van der Waals surface area contributed by atoms with E-state index in [0.717, 1.165) is 28.1 Å². The SMILES string of the molecule is Cc1ccccc1C(=O)N/C(=C\c1cccs1)C(=O)Nc1ccc(N2CCCC2=O)c(C)c1. The predicted octanol–water partition coefficient (Wildman–Crippen LogP) is 4.90. The topological polar surface area (TPSA) is 78.5 Å². The molecule has 3 aromatic rings. The van der Waals surface area contributed by atoms with Crippen LogP contribution in [0, 0.1) is 13.8 Å². The van der Waals surface area contributed by atoms with Crippen LogP contribution in [0.15, 0.2) is 65.7 Å².